The average Bonchev–Trinajstić information content (AvgIpc) is 2.73. The molecule has 0 aromatic carbocycles. The van der Waals surface area contributed by atoms with Crippen molar-refractivity contribution in [1.29, 1.82) is 0 Å². The Morgan fingerprint density at radius 1 is 1.15 bits per heavy atom. The Morgan fingerprint density at radius 3 is 2.65 bits per heavy atom. The molecule has 1 aliphatic rings. The molecule has 1 rings (SSSR count). The molecule has 1 saturated heterocycles. The predicted octanol–water partition coefficient (Wildman–Crippen LogP) is 1.28. The van der Waals surface area contributed by atoms with Crippen molar-refractivity contribution in [3.8, 4) is 0 Å². The van der Waals surface area contributed by atoms with Crippen LogP contribution in [0.5, 0.6) is 0 Å². The van der Waals surface area contributed by atoms with Gasteiger partial charge in [-0.25, -0.2) is 0 Å². The van der Waals surface area contributed by atoms with Crippen LogP contribution in [0.3, 0.4) is 0 Å². The first-order valence-electron chi connectivity index (χ1n) is 7.99. The van der Waals surface area contributed by atoms with E-state index in [9.17, 15) is 9.59 Å². The van der Waals surface area contributed by atoms with Gasteiger partial charge in [0.1, 0.15) is 0 Å². The standard InChI is InChI=1S/C15H29N3O2/c1-3-5-8-13(7-4-2)17-14(19)15(20)18-11-6-9-16-10-12-18/h13,16H,3-12H2,1-2H3,(H,17,19). The second-order valence-corrected chi connectivity index (χ2v) is 5.50. The van der Waals surface area contributed by atoms with Crippen molar-refractivity contribution in [1.82, 2.24) is 15.5 Å². The summed E-state index contributed by atoms with van der Waals surface area (Å²) in [4.78, 5) is 25.9. The largest absolute Gasteiger partial charge is 0.345 e. The molecule has 116 valence electrons. The molecule has 0 spiro atoms. The minimum Gasteiger partial charge on any atom is -0.345 e. The van der Waals surface area contributed by atoms with Crippen molar-refractivity contribution in [3.63, 3.8) is 0 Å². The van der Waals surface area contributed by atoms with Crippen LogP contribution in [0.15, 0.2) is 0 Å². The lowest BCUT2D eigenvalue weighted by atomic mass is 10.1. The SMILES string of the molecule is CCCCC(CCC)NC(=O)C(=O)N1CCCNCC1. The third-order valence-corrected chi connectivity index (χ3v) is 3.70. The zero-order valence-corrected chi connectivity index (χ0v) is 12.9. The van der Waals surface area contributed by atoms with E-state index >= 15 is 0 Å². The molecular weight excluding hydrogens is 254 g/mol. The van der Waals surface area contributed by atoms with Crippen LogP contribution < -0.4 is 10.6 Å². The summed E-state index contributed by atoms with van der Waals surface area (Å²) in [6.45, 7) is 7.23. The summed E-state index contributed by atoms with van der Waals surface area (Å²) in [6, 6.07) is 0.140. The third-order valence-electron chi connectivity index (χ3n) is 3.70. The zero-order valence-electron chi connectivity index (χ0n) is 12.9. The molecular formula is C15H29N3O2. The van der Waals surface area contributed by atoms with Gasteiger partial charge < -0.3 is 15.5 Å². The van der Waals surface area contributed by atoms with Crippen molar-refractivity contribution in [2.45, 2.75) is 58.4 Å². The molecule has 2 amide bonds. The smallest absolute Gasteiger partial charge is 0.311 e. The Hall–Kier alpha value is -1.10. The average molecular weight is 283 g/mol. The number of nitrogens with one attached hydrogen (secondary N) is 2. The third kappa shape index (κ3) is 5.90. The number of hydrogen-bond acceptors (Lipinski definition) is 3. The molecule has 0 saturated carbocycles. The summed E-state index contributed by atoms with van der Waals surface area (Å²) in [5.41, 5.74) is 0. The monoisotopic (exact) mass is 283 g/mol. The quantitative estimate of drug-likeness (QED) is 0.722. The van der Waals surface area contributed by atoms with Crippen molar-refractivity contribution in [3.05, 3.63) is 0 Å². The van der Waals surface area contributed by atoms with Gasteiger partial charge in [0.2, 0.25) is 0 Å². The first-order chi connectivity index (χ1) is 9.69. The van der Waals surface area contributed by atoms with Crippen LogP contribution in [0, 0.1) is 0 Å². The molecule has 1 unspecified atom stereocenters. The maximum atomic E-state index is 12.2. The molecule has 20 heavy (non-hydrogen) atoms. The van der Waals surface area contributed by atoms with E-state index < -0.39 is 5.91 Å². The fourth-order valence-electron chi connectivity index (χ4n) is 2.53. The Bertz CT molecular complexity index is 299. The molecule has 5 nitrogen and oxygen atoms in total. The molecule has 0 aliphatic carbocycles. The van der Waals surface area contributed by atoms with Crippen LogP contribution in [0.1, 0.15) is 52.4 Å². The molecule has 2 N–H and O–H groups in total. The summed E-state index contributed by atoms with van der Waals surface area (Å²) in [5.74, 6) is -0.798. The van der Waals surface area contributed by atoms with Gasteiger partial charge in [0.25, 0.3) is 0 Å². The number of carbonyl (C=O) groups excluding carboxylic acids is 2. The van der Waals surface area contributed by atoms with Gasteiger partial charge in [-0.05, 0) is 25.8 Å². The highest BCUT2D eigenvalue weighted by molar-refractivity contribution is 6.35. The molecule has 0 radical (unpaired) electrons. The normalized spacial score (nSPS) is 17.4. The summed E-state index contributed by atoms with van der Waals surface area (Å²) in [6.07, 6.45) is 6.05. The van der Waals surface area contributed by atoms with E-state index in [4.69, 9.17) is 0 Å². The Balaban J connectivity index is 2.46. The summed E-state index contributed by atoms with van der Waals surface area (Å²) < 4.78 is 0. The molecule has 0 bridgehead atoms. The maximum absolute atomic E-state index is 12.2. The van der Waals surface area contributed by atoms with Gasteiger partial charge in [0.05, 0.1) is 0 Å². The lowest BCUT2D eigenvalue weighted by molar-refractivity contribution is -0.146. The van der Waals surface area contributed by atoms with Gasteiger partial charge in [0, 0.05) is 25.7 Å². The Morgan fingerprint density at radius 2 is 1.95 bits per heavy atom. The second-order valence-electron chi connectivity index (χ2n) is 5.50. The zero-order chi connectivity index (χ0) is 14.8. The van der Waals surface area contributed by atoms with E-state index in [1.165, 1.54) is 0 Å². The van der Waals surface area contributed by atoms with Gasteiger partial charge in [0.15, 0.2) is 0 Å². The Labute approximate surface area is 122 Å². The van der Waals surface area contributed by atoms with Crippen LogP contribution in [0.25, 0.3) is 0 Å². The molecule has 1 atom stereocenters. The Kier molecular flexibility index (Phi) is 8.26. The van der Waals surface area contributed by atoms with Gasteiger partial charge in [-0.1, -0.05) is 33.1 Å². The summed E-state index contributed by atoms with van der Waals surface area (Å²) in [5, 5.41) is 6.15. The summed E-state index contributed by atoms with van der Waals surface area (Å²) >= 11 is 0. The number of nitrogens with zero attached hydrogens (tertiary/aromatic N) is 1. The van der Waals surface area contributed by atoms with E-state index in [0.717, 1.165) is 51.6 Å². The van der Waals surface area contributed by atoms with Crippen molar-refractivity contribution in [2.24, 2.45) is 0 Å². The van der Waals surface area contributed by atoms with Crippen LogP contribution in [0.4, 0.5) is 0 Å². The minimum absolute atomic E-state index is 0.140. The molecule has 5 heteroatoms. The number of hydrogen-bond donors (Lipinski definition) is 2. The van der Waals surface area contributed by atoms with Crippen LogP contribution in [-0.4, -0.2) is 48.9 Å². The molecule has 0 aromatic rings. The van der Waals surface area contributed by atoms with E-state index in [2.05, 4.69) is 24.5 Å². The first-order valence-corrected chi connectivity index (χ1v) is 7.99. The summed E-state index contributed by atoms with van der Waals surface area (Å²) in [7, 11) is 0. The van der Waals surface area contributed by atoms with E-state index in [1.807, 2.05) is 0 Å². The second kappa shape index (κ2) is 9.75. The maximum Gasteiger partial charge on any atom is 0.311 e. The van der Waals surface area contributed by atoms with Crippen LogP contribution in [-0.2, 0) is 9.59 Å². The fourth-order valence-corrected chi connectivity index (χ4v) is 2.53. The number of unbranched alkanes of at least 4 members (excludes halogenated alkanes) is 1. The fraction of sp³-hybridized carbons (Fsp3) is 0.867. The lowest BCUT2D eigenvalue weighted by Gasteiger charge is -2.22. The van der Waals surface area contributed by atoms with Crippen molar-refractivity contribution >= 4 is 11.8 Å². The van der Waals surface area contributed by atoms with E-state index in [-0.39, 0.29) is 11.9 Å². The number of amides is 2. The highest BCUT2D eigenvalue weighted by Gasteiger charge is 2.24. The minimum atomic E-state index is -0.429. The van der Waals surface area contributed by atoms with Crippen LogP contribution >= 0.6 is 0 Å². The molecule has 0 aromatic heterocycles. The van der Waals surface area contributed by atoms with Gasteiger partial charge >= 0.3 is 11.8 Å². The molecule has 1 aliphatic heterocycles. The lowest BCUT2D eigenvalue weighted by Crippen LogP contribution is -2.47. The van der Waals surface area contributed by atoms with Gasteiger partial charge in [-0.3, -0.25) is 9.59 Å². The topological polar surface area (TPSA) is 61.4 Å². The van der Waals surface area contributed by atoms with E-state index in [0.29, 0.717) is 13.1 Å². The number of carbonyl (C=O) groups is 2. The van der Waals surface area contributed by atoms with Crippen molar-refractivity contribution in [2.75, 3.05) is 26.2 Å². The molecule has 1 fully saturated rings. The van der Waals surface area contributed by atoms with Gasteiger partial charge in [-0.2, -0.15) is 0 Å². The first kappa shape index (κ1) is 17.0. The van der Waals surface area contributed by atoms with Gasteiger partial charge in [-0.15, -0.1) is 0 Å². The van der Waals surface area contributed by atoms with Crippen LogP contribution in [0.2, 0.25) is 0 Å². The van der Waals surface area contributed by atoms with E-state index in [1.54, 1.807) is 4.90 Å². The van der Waals surface area contributed by atoms with Crippen molar-refractivity contribution < 1.29 is 9.59 Å². The predicted molar refractivity (Wildman–Crippen MR) is 80.4 cm³/mol. The highest BCUT2D eigenvalue weighted by Crippen LogP contribution is 2.07. The highest BCUT2D eigenvalue weighted by atomic mass is 16.2. The molecule has 1 heterocycles. The number of rotatable bonds is 6.